The highest BCUT2D eigenvalue weighted by molar-refractivity contribution is 5.75. The molecule has 0 bridgehead atoms. The SMILES string of the molecule is CC(C)(C)CCCCNC(=O)CCOCCC(C)(C)C. The largest absolute Gasteiger partial charge is 0.381 e. The Balaban J connectivity index is 3.38. The van der Waals surface area contributed by atoms with Gasteiger partial charge in [0.15, 0.2) is 0 Å². The molecule has 0 aromatic rings. The average Bonchev–Trinajstić information content (AvgIpc) is 2.25. The Morgan fingerprint density at radius 1 is 0.900 bits per heavy atom. The van der Waals surface area contributed by atoms with Crippen molar-refractivity contribution in [1.82, 2.24) is 5.32 Å². The van der Waals surface area contributed by atoms with Crippen LogP contribution in [0.1, 0.15) is 73.6 Å². The van der Waals surface area contributed by atoms with E-state index < -0.39 is 0 Å². The van der Waals surface area contributed by atoms with E-state index >= 15 is 0 Å². The number of amides is 1. The number of ether oxygens (including phenoxy) is 1. The minimum absolute atomic E-state index is 0.108. The van der Waals surface area contributed by atoms with Crippen LogP contribution in [0.4, 0.5) is 0 Å². The molecule has 0 atom stereocenters. The highest BCUT2D eigenvalue weighted by Crippen LogP contribution is 2.21. The summed E-state index contributed by atoms with van der Waals surface area (Å²) in [6, 6.07) is 0. The average molecular weight is 285 g/mol. The summed E-state index contributed by atoms with van der Waals surface area (Å²) in [6.45, 7) is 15.4. The molecule has 3 nitrogen and oxygen atoms in total. The van der Waals surface area contributed by atoms with Crippen LogP contribution in [0.3, 0.4) is 0 Å². The van der Waals surface area contributed by atoms with Gasteiger partial charge in [-0.15, -0.1) is 0 Å². The molecule has 0 saturated carbocycles. The summed E-state index contributed by atoms with van der Waals surface area (Å²) in [4.78, 5) is 11.6. The van der Waals surface area contributed by atoms with Gasteiger partial charge in [0.25, 0.3) is 0 Å². The number of hydrogen-bond acceptors (Lipinski definition) is 2. The standard InChI is InChI=1S/C17H35NO2/c1-16(2,3)10-7-8-12-18-15(19)9-13-20-14-11-17(4,5)6/h7-14H2,1-6H3,(H,18,19). The molecule has 0 aliphatic carbocycles. The molecule has 0 aliphatic heterocycles. The van der Waals surface area contributed by atoms with Gasteiger partial charge < -0.3 is 10.1 Å². The second-order valence-corrected chi connectivity index (χ2v) is 8.04. The molecule has 0 aliphatic rings. The van der Waals surface area contributed by atoms with Crippen LogP contribution in [0.25, 0.3) is 0 Å². The summed E-state index contributed by atoms with van der Waals surface area (Å²) in [7, 11) is 0. The molecule has 20 heavy (non-hydrogen) atoms. The lowest BCUT2D eigenvalue weighted by molar-refractivity contribution is -0.122. The van der Waals surface area contributed by atoms with E-state index in [9.17, 15) is 4.79 Å². The van der Waals surface area contributed by atoms with Crippen LogP contribution >= 0.6 is 0 Å². The second kappa shape index (κ2) is 9.38. The fraction of sp³-hybridized carbons (Fsp3) is 0.941. The first-order valence-corrected chi connectivity index (χ1v) is 7.95. The lowest BCUT2D eigenvalue weighted by atomic mass is 9.90. The van der Waals surface area contributed by atoms with Crippen molar-refractivity contribution < 1.29 is 9.53 Å². The molecule has 0 unspecified atom stereocenters. The van der Waals surface area contributed by atoms with Crippen molar-refractivity contribution in [1.29, 1.82) is 0 Å². The van der Waals surface area contributed by atoms with E-state index in [4.69, 9.17) is 4.74 Å². The van der Waals surface area contributed by atoms with Crippen molar-refractivity contribution >= 4 is 5.91 Å². The molecule has 3 heteroatoms. The minimum Gasteiger partial charge on any atom is -0.381 e. The molecule has 0 rings (SSSR count). The van der Waals surface area contributed by atoms with Gasteiger partial charge in [0.1, 0.15) is 0 Å². The molecule has 0 fully saturated rings. The third kappa shape index (κ3) is 15.5. The first-order chi connectivity index (χ1) is 9.10. The van der Waals surface area contributed by atoms with Crippen molar-refractivity contribution in [2.75, 3.05) is 19.8 Å². The molecule has 1 amide bonds. The molecule has 0 aromatic heterocycles. The minimum atomic E-state index is 0.108. The Labute approximate surface area is 125 Å². The zero-order valence-corrected chi connectivity index (χ0v) is 14.5. The molecule has 0 radical (unpaired) electrons. The van der Waals surface area contributed by atoms with Crippen LogP contribution in [0.5, 0.6) is 0 Å². The maximum absolute atomic E-state index is 11.6. The summed E-state index contributed by atoms with van der Waals surface area (Å²) >= 11 is 0. The van der Waals surface area contributed by atoms with Gasteiger partial charge in [-0.1, -0.05) is 48.0 Å². The van der Waals surface area contributed by atoms with Crippen LogP contribution < -0.4 is 5.32 Å². The zero-order chi connectivity index (χ0) is 15.6. The smallest absolute Gasteiger partial charge is 0.222 e. The molecular formula is C17H35NO2. The van der Waals surface area contributed by atoms with E-state index in [2.05, 4.69) is 46.9 Å². The van der Waals surface area contributed by atoms with Crippen molar-refractivity contribution in [2.24, 2.45) is 10.8 Å². The van der Waals surface area contributed by atoms with Gasteiger partial charge in [-0.05, 0) is 30.1 Å². The molecule has 0 saturated heterocycles. The fourth-order valence-electron chi connectivity index (χ4n) is 1.74. The number of carbonyl (C=O) groups excluding carboxylic acids is 1. The summed E-state index contributed by atoms with van der Waals surface area (Å²) in [5, 5.41) is 2.96. The first-order valence-electron chi connectivity index (χ1n) is 7.95. The van der Waals surface area contributed by atoms with E-state index in [0.29, 0.717) is 23.9 Å². The second-order valence-electron chi connectivity index (χ2n) is 8.04. The molecule has 120 valence electrons. The molecule has 0 heterocycles. The number of hydrogen-bond donors (Lipinski definition) is 1. The van der Waals surface area contributed by atoms with Gasteiger partial charge >= 0.3 is 0 Å². The van der Waals surface area contributed by atoms with Gasteiger partial charge in [0.05, 0.1) is 6.61 Å². The van der Waals surface area contributed by atoms with Crippen LogP contribution in [-0.4, -0.2) is 25.7 Å². The maximum atomic E-state index is 11.6. The monoisotopic (exact) mass is 285 g/mol. The Hall–Kier alpha value is -0.570. The van der Waals surface area contributed by atoms with Gasteiger partial charge in [0.2, 0.25) is 5.91 Å². The van der Waals surface area contributed by atoms with Gasteiger partial charge in [-0.3, -0.25) is 4.79 Å². The van der Waals surface area contributed by atoms with Crippen molar-refractivity contribution in [3.05, 3.63) is 0 Å². The molecular weight excluding hydrogens is 250 g/mol. The Morgan fingerprint density at radius 3 is 2.05 bits per heavy atom. The topological polar surface area (TPSA) is 38.3 Å². The number of unbranched alkanes of at least 4 members (excludes halogenated alkanes) is 1. The van der Waals surface area contributed by atoms with Gasteiger partial charge in [0, 0.05) is 19.6 Å². The third-order valence-corrected chi connectivity index (χ3v) is 3.15. The third-order valence-electron chi connectivity index (χ3n) is 3.15. The summed E-state index contributed by atoms with van der Waals surface area (Å²) in [5.41, 5.74) is 0.695. The first kappa shape index (κ1) is 19.4. The quantitative estimate of drug-likeness (QED) is 0.646. The van der Waals surface area contributed by atoms with Crippen LogP contribution in [0, 0.1) is 10.8 Å². The zero-order valence-electron chi connectivity index (χ0n) is 14.5. The van der Waals surface area contributed by atoms with E-state index in [-0.39, 0.29) is 5.91 Å². The Kier molecular flexibility index (Phi) is 9.11. The van der Waals surface area contributed by atoms with Gasteiger partial charge in [-0.2, -0.15) is 0 Å². The predicted molar refractivity (Wildman–Crippen MR) is 85.8 cm³/mol. The molecule has 0 spiro atoms. The highest BCUT2D eigenvalue weighted by atomic mass is 16.5. The Morgan fingerprint density at radius 2 is 1.50 bits per heavy atom. The van der Waals surface area contributed by atoms with E-state index in [0.717, 1.165) is 26.0 Å². The summed E-state index contributed by atoms with van der Waals surface area (Å²) in [5.74, 6) is 0.108. The lowest BCUT2D eigenvalue weighted by Gasteiger charge is -2.18. The summed E-state index contributed by atoms with van der Waals surface area (Å²) < 4.78 is 5.49. The normalized spacial score (nSPS) is 12.5. The maximum Gasteiger partial charge on any atom is 0.222 e. The number of carbonyl (C=O) groups is 1. The van der Waals surface area contributed by atoms with Crippen LogP contribution in [-0.2, 0) is 9.53 Å². The van der Waals surface area contributed by atoms with Crippen LogP contribution in [0.15, 0.2) is 0 Å². The van der Waals surface area contributed by atoms with E-state index in [1.54, 1.807) is 0 Å². The summed E-state index contributed by atoms with van der Waals surface area (Å²) in [6.07, 6.45) is 4.95. The van der Waals surface area contributed by atoms with Crippen molar-refractivity contribution in [3.63, 3.8) is 0 Å². The Bertz CT molecular complexity index is 235. The van der Waals surface area contributed by atoms with E-state index in [1.165, 1.54) is 12.8 Å². The predicted octanol–water partition coefficient (Wildman–Crippen LogP) is 4.16. The molecule has 1 N–H and O–H groups in total. The fourth-order valence-corrected chi connectivity index (χ4v) is 1.74. The highest BCUT2D eigenvalue weighted by Gasteiger charge is 2.10. The van der Waals surface area contributed by atoms with Crippen molar-refractivity contribution in [2.45, 2.75) is 73.6 Å². The number of nitrogens with one attached hydrogen (secondary N) is 1. The molecule has 0 aromatic carbocycles. The number of rotatable bonds is 9. The van der Waals surface area contributed by atoms with Gasteiger partial charge in [-0.25, -0.2) is 0 Å². The lowest BCUT2D eigenvalue weighted by Crippen LogP contribution is -2.25. The van der Waals surface area contributed by atoms with Crippen molar-refractivity contribution in [3.8, 4) is 0 Å². The van der Waals surface area contributed by atoms with E-state index in [1.807, 2.05) is 0 Å². The van der Waals surface area contributed by atoms with Crippen LogP contribution in [0.2, 0.25) is 0 Å².